The second-order valence-corrected chi connectivity index (χ2v) is 10.4. The first-order chi connectivity index (χ1) is 13.1. The van der Waals surface area contributed by atoms with E-state index >= 15 is 0 Å². The van der Waals surface area contributed by atoms with E-state index in [0.29, 0.717) is 36.5 Å². The van der Waals surface area contributed by atoms with Crippen LogP contribution < -0.4 is 0 Å². The van der Waals surface area contributed by atoms with E-state index in [1.165, 1.54) is 11.1 Å². The summed E-state index contributed by atoms with van der Waals surface area (Å²) in [5, 5.41) is 20.8. The van der Waals surface area contributed by atoms with Crippen LogP contribution in [0.2, 0.25) is 0 Å². The van der Waals surface area contributed by atoms with Crippen molar-refractivity contribution < 1.29 is 19.8 Å². The molecule has 28 heavy (non-hydrogen) atoms. The van der Waals surface area contributed by atoms with Crippen molar-refractivity contribution in [2.75, 3.05) is 0 Å². The van der Waals surface area contributed by atoms with Crippen molar-refractivity contribution in [3.8, 4) is 0 Å². The number of carbonyl (C=O) groups is 2. The molecule has 3 saturated carbocycles. The second-order valence-electron chi connectivity index (χ2n) is 10.4. The molecule has 0 aromatic rings. The standard InChI is InChI=1S/C24H34O4/c1-5-15-11-17-18-7-9-24(28,13-21(26)27)22(18,3)8-6-19(17)23(4)14(2)10-16(25)12-20(15)23/h5,12,14,17-19,28H,6-11,13H2,1-4H3,(H,26,27)/t14?,17-,18-,19+,22-,23+,24?/m0/s1. The van der Waals surface area contributed by atoms with Crippen LogP contribution in [0.4, 0.5) is 0 Å². The smallest absolute Gasteiger partial charge is 0.306 e. The Morgan fingerprint density at radius 1 is 1.21 bits per heavy atom. The van der Waals surface area contributed by atoms with Crippen LogP contribution in [0.5, 0.6) is 0 Å². The van der Waals surface area contributed by atoms with E-state index in [9.17, 15) is 19.8 Å². The molecular weight excluding hydrogens is 352 g/mol. The van der Waals surface area contributed by atoms with Gasteiger partial charge in [-0.3, -0.25) is 9.59 Å². The molecule has 4 rings (SSSR count). The summed E-state index contributed by atoms with van der Waals surface area (Å²) in [5.74, 6) is 0.942. The quantitative estimate of drug-likeness (QED) is 0.731. The van der Waals surface area contributed by atoms with Crippen LogP contribution in [0.1, 0.15) is 72.6 Å². The lowest BCUT2D eigenvalue weighted by Gasteiger charge is -2.61. The van der Waals surface area contributed by atoms with Crippen LogP contribution in [0, 0.1) is 34.5 Å². The van der Waals surface area contributed by atoms with Crippen molar-refractivity contribution in [3.05, 3.63) is 23.3 Å². The van der Waals surface area contributed by atoms with E-state index in [0.717, 1.165) is 25.7 Å². The van der Waals surface area contributed by atoms with E-state index in [4.69, 9.17) is 0 Å². The van der Waals surface area contributed by atoms with Crippen molar-refractivity contribution in [3.63, 3.8) is 0 Å². The number of ketones is 1. The molecule has 0 aromatic carbocycles. The van der Waals surface area contributed by atoms with Gasteiger partial charge in [0.05, 0.1) is 12.0 Å². The number of aliphatic hydroxyl groups is 1. The van der Waals surface area contributed by atoms with Gasteiger partial charge in [-0.15, -0.1) is 0 Å². The Morgan fingerprint density at radius 3 is 2.54 bits per heavy atom. The maximum absolute atomic E-state index is 12.3. The largest absolute Gasteiger partial charge is 0.481 e. The average Bonchev–Trinajstić information content (AvgIpc) is 2.86. The molecule has 0 amide bonds. The normalized spacial score (nSPS) is 49.2. The molecule has 0 saturated heterocycles. The highest BCUT2D eigenvalue weighted by Gasteiger charge is 2.65. The first-order valence-corrected chi connectivity index (χ1v) is 10.9. The Labute approximate surface area is 168 Å². The fourth-order valence-electron chi connectivity index (χ4n) is 7.76. The third-order valence-electron chi connectivity index (χ3n) is 9.54. The predicted octanol–water partition coefficient (Wildman–Crippen LogP) is 4.53. The lowest BCUT2D eigenvalue weighted by Crippen LogP contribution is -2.57. The Hall–Kier alpha value is -1.42. The Balaban J connectivity index is 1.76. The molecule has 0 bridgehead atoms. The molecule has 3 fully saturated rings. The molecule has 7 atom stereocenters. The van der Waals surface area contributed by atoms with E-state index < -0.39 is 11.6 Å². The van der Waals surface area contributed by atoms with Gasteiger partial charge in [-0.1, -0.05) is 26.8 Å². The summed E-state index contributed by atoms with van der Waals surface area (Å²) in [6.45, 7) is 8.79. The number of aliphatic carboxylic acids is 1. The maximum atomic E-state index is 12.3. The Bertz CT molecular complexity index is 779. The summed E-state index contributed by atoms with van der Waals surface area (Å²) in [7, 11) is 0. The number of rotatable bonds is 2. The summed E-state index contributed by atoms with van der Waals surface area (Å²) < 4.78 is 0. The molecule has 4 heteroatoms. The van der Waals surface area contributed by atoms with Gasteiger partial charge in [0.1, 0.15) is 0 Å². The zero-order valence-corrected chi connectivity index (χ0v) is 17.6. The van der Waals surface area contributed by atoms with Gasteiger partial charge in [-0.2, -0.15) is 0 Å². The molecule has 0 radical (unpaired) electrons. The molecule has 0 heterocycles. The van der Waals surface area contributed by atoms with Crippen LogP contribution >= 0.6 is 0 Å². The molecule has 0 spiro atoms. The van der Waals surface area contributed by atoms with Crippen molar-refractivity contribution in [2.45, 2.75) is 78.2 Å². The van der Waals surface area contributed by atoms with Gasteiger partial charge < -0.3 is 10.2 Å². The van der Waals surface area contributed by atoms with Crippen LogP contribution in [0.15, 0.2) is 23.3 Å². The average molecular weight is 387 g/mol. The number of fused-ring (bicyclic) bond motifs is 5. The predicted molar refractivity (Wildman–Crippen MR) is 108 cm³/mol. The molecule has 4 aliphatic rings. The van der Waals surface area contributed by atoms with Crippen molar-refractivity contribution >= 4 is 11.8 Å². The highest BCUT2D eigenvalue weighted by Crippen LogP contribution is 2.69. The van der Waals surface area contributed by atoms with E-state index in [1.807, 2.05) is 6.08 Å². The molecule has 154 valence electrons. The van der Waals surface area contributed by atoms with Gasteiger partial charge in [0.15, 0.2) is 5.78 Å². The van der Waals surface area contributed by atoms with Gasteiger partial charge >= 0.3 is 5.97 Å². The number of carboxylic acids is 1. The minimum absolute atomic E-state index is 0.00644. The van der Waals surface area contributed by atoms with Crippen molar-refractivity contribution in [2.24, 2.45) is 34.5 Å². The van der Waals surface area contributed by atoms with Crippen molar-refractivity contribution in [1.82, 2.24) is 0 Å². The SMILES string of the molecule is CC=C1C[C@@H]2[C@@H](CC[C@@]3(C)[C@H]2CCC3(O)CC(=O)O)[C@]2(C)C1=CC(=O)CC2C. The van der Waals surface area contributed by atoms with E-state index in [1.54, 1.807) is 0 Å². The lowest BCUT2D eigenvalue weighted by molar-refractivity contribution is -0.158. The van der Waals surface area contributed by atoms with Crippen LogP contribution in [0.25, 0.3) is 0 Å². The first kappa shape index (κ1) is 19.9. The van der Waals surface area contributed by atoms with E-state index in [-0.39, 0.29) is 23.0 Å². The summed E-state index contributed by atoms with van der Waals surface area (Å²) in [5.41, 5.74) is 1.10. The van der Waals surface area contributed by atoms with Crippen molar-refractivity contribution in [1.29, 1.82) is 0 Å². The third-order valence-corrected chi connectivity index (χ3v) is 9.54. The highest BCUT2D eigenvalue weighted by molar-refractivity contribution is 5.93. The zero-order valence-electron chi connectivity index (χ0n) is 17.6. The van der Waals surface area contributed by atoms with Gasteiger partial charge in [0.25, 0.3) is 0 Å². The van der Waals surface area contributed by atoms with Gasteiger partial charge in [0, 0.05) is 6.42 Å². The number of hydrogen-bond donors (Lipinski definition) is 2. The van der Waals surface area contributed by atoms with Crippen LogP contribution in [-0.4, -0.2) is 27.6 Å². The molecule has 0 aromatic heterocycles. The van der Waals surface area contributed by atoms with Crippen LogP contribution in [0.3, 0.4) is 0 Å². The second kappa shape index (κ2) is 6.29. The maximum Gasteiger partial charge on any atom is 0.306 e. The van der Waals surface area contributed by atoms with Gasteiger partial charge in [-0.05, 0) is 90.8 Å². The summed E-state index contributed by atoms with van der Waals surface area (Å²) >= 11 is 0. The number of allylic oxidation sites excluding steroid dienone is 3. The molecule has 2 unspecified atom stereocenters. The minimum atomic E-state index is -1.10. The van der Waals surface area contributed by atoms with Crippen LogP contribution in [-0.2, 0) is 9.59 Å². The topological polar surface area (TPSA) is 74.6 Å². The number of carbonyl (C=O) groups excluding carboxylic acids is 1. The molecule has 4 nitrogen and oxygen atoms in total. The zero-order chi connectivity index (χ0) is 20.5. The lowest BCUT2D eigenvalue weighted by atomic mass is 9.43. The molecule has 2 N–H and O–H groups in total. The van der Waals surface area contributed by atoms with Gasteiger partial charge in [-0.25, -0.2) is 0 Å². The highest BCUT2D eigenvalue weighted by atomic mass is 16.4. The Morgan fingerprint density at radius 2 is 1.89 bits per heavy atom. The summed E-state index contributed by atoms with van der Waals surface area (Å²) in [4.78, 5) is 23.8. The number of hydrogen-bond acceptors (Lipinski definition) is 3. The Kier molecular flexibility index (Phi) is 4.46. The minimum Gasteiger partial charge on any atom is -0.481 e. The van der Waals surface area contributed by atoms with E-state index in [2.05, 4.69) is 33.8 Å². The first-order valence-electron chi connectivity index (χ1n) is 10.9. The third kappa shape index (κ3) is 2.46. The molecular formula is C24H34O4. The van der Waals surface area contributed by atoms with Gasteiger partial charge in [0.2, 0.25) is 0 Å². The monoisotopic (exact) mass is 386 g/mol. The number of carboxylic acid groups (broad SMARTS) is 1. The summed E-state index contributed by atoms with van der Waals surface area (Å²) in [6, 6.07) is 0. The fraction of sp³-hybridized carbons (Fsp3) is 0.750. The molecule has 0 aliphatic heterocycles. The molecule has 4 aliphatic carbocycles. The summed E-state index contributed by atoms with van der Waals surface area (Å²) in [6.07, 6.45) is 8.87. The fourth-order valence-corrected chi connectivity index (χ4v) is 7.76.